The molecule has 0 heterocycles. The fourth-order valence-corrected chi connectivity index (χ4v) is 2.51. The molecule has 0 saturated carbocycles. The quantitative estimate of drug-likeness (QED) is 0.393. The van der Waals surface area contributed by atoms with Crippen molar-refractivity contribution >= 4 is 15.5 Å². The van der Waals surface area contributed by atoms with Gasteiger partial charge < -0.3 is 5.32 Å². The number of halogens is 6. The van der Waals surface area contributed by atoms with Gasteiger partial charge in [0.2, 0.25) is 0 Å². The molecule has 0 bridgehead atoms. The minimum Gasteiger partial charge on any atom is -0.376 e. The lowest BCUT2D eigenvalue weighted by Crippen LogP contribution is -2.19. The third-order valence-corrected chi connectivity index (χ3v) is 4.11. The van der Waals surface area contributed by atoms with Crippen LogP contribution in [0.4, 0.5) is 32.0 Å². The van der Waals surface area contributed by atoms with Crippen molar-refractivity contribution in [3.63, 3.8) is 0 Å². The molecule has 0 unspecified atom stereocenters. The van der Waals surface area contributed by atoms with Gasteiger partial charge in [0.15, 0.2) is 33.1 Å². The predicted molar refractivity (Wildman–Crippen MR) is 58.5 cm³/mol. The Labute approximate surface area is 110 Å². The number of rotatable bonds is 5. The molecule has 10 heteroatoms. The van der Waals surface area contributed by atoms with E-state index in [0.29, 0.717) is 0 Å². The molecule has 0 spiro atoms. The molecule has 1 aromatic rings. The van der Waals surface area contributed by atoms with Crippen molar-refractivity contribution in [2.75, 3.05) is 17.6 Å². The summed E-state index contributed by atoms with van der Waals surface area (Å²) in [5.74, 6) is -9.58. The average Bonchev–Trinajstić information content (AvgIpc) is 2.38. The summed E-state index contributed by atoms with van der Waals surface area (Å²) >= 11 is 0. The predicted octanol–water partition coefficient (Wildman–Crippen LogP) is 2.71. The molecule has 0 fully saturated rings. The Hall–Kier alpha value is -1.45. The molecule has 0 saturated heterocycles. The van der Waals surface area contributed by atoms with Gasteiger partial charge in [0.25, 0.3) is 6.43 Å². The van der Waals surface area contributed by atoms with Crippen LogP contribution in [0, 0.1) is 23.3 Å². The monoisotopic (exact) mass is 321 g/mol. The largest absolute Gasteiger partial charge is 0.376 e. The average molecular weight is 321 g/mol. The lowest BCUT2D eigenvalue weighted by atomic mass is 10.2. The smallest absolute Gasteiger partial charge is 0.255 e. The molecule has 0 aliphatic carbocycles. The molecule has 0 aromatic heterocycles. The highest BCUT2D eigenvalue weighted by Gasteiger charge is 2.32. The molecule has 0 aliphatic heterocycles. The van der Waals surface area contributed by atoms with E-state index in [9.17, 15) is 34.8 Å². The third-order valence-electron chi connectivity index (χ3n) is 2.35. The summed E-state index contributed by atoms with van der Waals surface area (Å²) in [6.07, 6.45) is -3.04. The number of nitrogens with one attached hydrogen (secondary N) is 1. The molecule has 114 valence electrons. The van der Waals surface area contributed by atoms with E-state index in [1.165, 1.54) is 0 Å². The zero-order chi connectivity index (χ0) is 15.7. The van der Waals surface area contributed by atoms with E-state index in [1.54, 1.807) is 5.32 Å². The summed E-state index contributed by atoms with van der Waals surface area (Å²) in [4.78, 5) is -1.50. The SMILES string of the molecule is CCS(=O)(=O)c1c(F)c(F)c(F)c(F)c1NCC(F)F. The molecule has 0 aliphatic rings. The van der Waals surface area contributed by atoms with Gasteiger partial charge in [-0.3, -0.25) is 0 Å². The number of hydrogen-bond donors (Lipinski definition) is 1. The van der Waals surface area contributed by atoms with Gasteiger partial charge in [-0.1, -0.05) is 6.92 Å². The minimum absolute atomic E-state index is 0.752. The molecule has 0 amide bonds. The lowest BCUT2D eigenvalue weighted by molar-refractivity contribution is 0.163. The Bertz CT molecular complexity index is 617. The van der Waals surface area contributed by atoms with Gasteiger partial charge in [0, 0.05) is 0 Å². The van der Waals surface area contributed by atoms with Crippen LogP contribution in [0.15, 0.2) is 4.90 Å². The fraction of sp³-hybridized carbons (Fsp3) is 0.400. The van der Waals surface area contributed by atoms with Gasteiger partial charge in [0.05, 0.1) is 18.0 Å². The zero-order valence-electron chi connectivity index (χ0n) is 9.98. The molecule has 1 aromatic carbocycles. The van der Waals surface area contributed by atoms with Crippen LogP contribution in [0.5, 0.6) is 0 Å². The minimum atomic E-state index is -4.50. The van der Waals surface area contributed by atoms with Crippen LogP contribution in [-0.4, -0.2) is 27.1 Å². The van der Waals surface area contributed by atoms with Gasteiger partial charge in [-0.05, 0) is 0 Å². The second kappa shape index (κ2) is 5.90. The molecule has 1 rings (SSSR count). The van der Waals surface area contributed by atoms with Crippen LogP contribution in [0.3, 0.4) is 0 Å². The molecule has 20 heavy (non-hydrogen) atoms. The third kappa shape index (κ3) is 3.00. The Morgan fingerprint density at radius 3 is 1.95 bits per heavy atom. The van der Waals surface area contributed by atoms with Crippen molar-refractivity contribution in [2.45, 2.75) is 18.2 Å². The summed E-state index contributed by atoms with van der Waals surface area (Å²) in [6.45, 7) is -0.210. The van der Waals surface area contributed by atoms with Crippen LogP contribution < -0.4 is 5.32 Å². The highest BCUT2D eigenvalue weighted by molar-refractivity contribution is 7.91. The van der Waals surface area contributed by atoms with E-state index in [2.05, 4.69) is 0 Å². The number of benzene rings is 1. The number of anilines is 1. The highest BCUT2D eigenvalue weighted by atomic mass is 32.2. The lowest BCUT2D eigenvalue weighted by Gasteiger charge is -2.14. The van der Waals surface area contributed by atoms with Gasteiger partial charge in [0.1, 0.15) is 4.90 Å². The number of alkyl halides is 2. The van der Waals surface area contributed by atoms with Crippen molar-refractivity contribution in [3.05, 3.63) is 23.3 Å². The summed E-state index contributed by atoms with van der Waals surface area (Å²) in [5, 5.41) is 1.58. The maximum Gasteiger partial charge on any atom is 0.255 e. The Morgan fingerprint density at radius 1 is 1.00 bits per heavy atom. The zero-order valence-corrected chi connectivity index (χ0v) is 10.8. The molecular weight excluding hydrogens is 312 g/mol. The summed E-state index contributed by atoms with van der Waals surface area (Å²) in [6, 6.07) is 0. The molecule has 3 nitrogen and oxygen atoms in total. The standard InChI is InChI=1S/C10H9F6NO2S/c1-2-20(18,19)10-8(16)6(14)5(13)7(15)9(10)17-3-4(11)12/h4,17H,2-3H2,1H3. The van der Waals surface area contributed by atoms with Gasteiger partial charge in [-0.15, -0.1) is 0 Å². The van der Waals surface area contributed by atoms with Crippen LogP contribution in [0.1, 0.15) is 6.92 Å². The van der Waals surface area contributed by atoms with Crippen LogP contribution in [0.2, 0.25) is 0 Å². The van der Waals surface area contributed by atoms with E-state index in [-0.39, 0.29) is 0 Å². The topological polar surface area (TPSA) is 46.2 Å². The maximum atomic E-state index is 13.5. The van der Waals surface area contributed by atoms with Gasteiger partial charge in [-0.2, -0.15) is 0 Å². The van der Waals surface area contributed by atoms with Crippen molar-refractivity contribution in [3.8, 4) is 0 Å². The Kier molecular flexibility index (Phi) is 4.90. The summed E-state index contributed by atoms with van der Waals surface area (Å²) in [5.41, 5.74) is -1.34. The first kappa shape index (κ1) is 16.6. The molecule has 1 N–H and O–H groups in total. The summed E-state index contributed by atoms with van der Waals surface area (Å²) < 4.78 is 100. The molecule has 0 radical (unpaired) electrons. The maximum absolute atomic E-state index is 13.5. The van der Waals surface area contributed by atoms with Crippen molar-refractivity contribution in [1.82, 2.24) is 0 Å². The van der Waals surface area contributed by atoms with E-state index in [1.807, 2.05) is 0 Å². The highest BCUT2D eigenvalue weighted by Crippen LogP contribution is 2.32. The molecular formula is C10H9F6NO2S. The van der Waals surface area contributed by atoms with Crippen molar-refractivity contribution in [2.24, 2.45) is 0 Å². The normalized spacial score (nSPS) is 12.0. The van der Waals surface area contributed by atoms with Crippen LogP contribution >= 0.6 is 0 Å². The second-order valence-electron chi connectivity index (χ2n) is 3.64. The van der Waals surface area contributed by atoms with Gasteiger partial charge in [-0.25, -0.2) is 34.8 Å². The van der Waals surface area contributed by atoms with E-state index >= 15 is 0 Å². The summed E-state index contributed by atoms with van der Waals surface area (Å²) in [7, 11) is -4.50. The Morgan fingerprint density at radius 2 is 1.50 bits per heavy atom. The van der Waals surface area contributed by atoms with E-state index in [0.717, 1.165) is 6.92 Å². The first-order valence-electron chi connectivity index (χ1n) is 5.24. The van der Waals surface area contributed by atoms with Crippen molar-refractivity contribution < 1.29 is 34.8 Å². The van der Waals surface area contributed by atoms with Crippen molar-refractivity contribution in [1.29, 1.82) is 0 Å². The first-order chi connectivity index (χ1) is 9.13. The first-order valence-corrected chi connectivity index (χ1v) is 6.89. The second-order valence-corrected chi connectivity index (χ2v) is 5.85. The van der Waals surface area contributed by atoms with E-state index < -0.39 is 62.4 Å². The Balaban J connectivity index is 3.62. The number of hydrogen-bond acceptors (Lipinski definition) is 3. The van der Waals surface area contributed by atoms with E-state index in [4.69, 9.17) is 0 Å². The van der Waals surface area contributed by atoms with Gasteiger partial charge >= 0.3 is 0 Å². The molecule has 0 atom stereocenters. The van der Waals surface area contributed by atoms with Crippen LogP contribution in [0.25, 0.3) is 0 Å². The fourth-order valence-electron chi connectivity index (χ4n) is 1.39. The van der Waals surface area contributed by atoms with Crippen LogP contribution in [-0.2, 0) is 9.84 Å². The number of sulfone groups is 1.